The monoisotopic (exact) mass is 336 g/mol. The van der Waals surface area contributed by atoms with Gasteiger partial charge in [0.15, 0.2) is 0 Å². The Bertz CT molecular complexity index is 707. The van der Waals surface area contributed by atoms with E-state index in [0.29, 0.717) is 6.42 Å². The number of Topliss-reactive ketones (excluding diaryl/α,β-unsaturated/α-hetero) is 1. The standard InChI is InChI=1S/C23H28O2/c1-17(2)22(25)14-20-7-5-18(6-8-20)13-19-9-11-21(12-10-19)15-23(3,4)16-24/h5-12,16-17H,13-15H2,1-4H3. The molecule has 2 nitrogen and oxygen atoms in total. The molecule has 0 amide bonds. The van der Waals surface area contributed by atoms with E-state index in [1.54, 1.807) is 0 Å². The van der Waals surface area contributed by atoms with Gasteiger partial charge in [0.05, 0.1) is 0 Å². The normalized spacial score (nSPS) is 11.6. The zero-order valence-corrected chi connectivity index (χ0v) is 15.7. The number of carbonyl (C=O) groups excluding carboxylic acids is 2. The number of hydrogen-bond donors (Lipinski definition) is 0. The highest BCUT2D eigenvalue weighted by Gasteiger charge is 2.16. The van der Waals surface area contributed by atoms with Crippen molar-refractivity contribution in [3.63, 3.8) is 0 Å². The van der Waals surface area contributed by atoms with Crippen molar-refractivity contribution >= 4 is 12.1 Å². The molecule has 25 heavy (non-hydrogen) atoms. The molecule has 0 atom stereocenters. The van der Waals surface area contributed by atoms with E-state index in [9.17, 15) is 9.59 Å². The molecule has 0 aliphatic heterocycles. The molecule has 0 spiro atoms. The van der Waals surface area contributed by atoms with Crippen LogP contribution in [0.1, 0.15) is 49.9 Å². The minimum atomic E-state index is -0.315. The van der Waals surface area contributed by atoms with Gasteiger partial charge in [-0.1, -0.05) is 76.2 Å². The van der Waals surface area contributed by atoms with Crippen LogP contribution in [0.4, 0.5) is 0 Å². The molecule has 0 saturated carbocycles. The lowest BCUT2D eigenvalue weighted by Crippen LogP contribution is -2.16. The number of carbonyl (C=O) groups is 2. The molecule has 2 rings (SSSR count). The van der Waals surface area contributed by atoms with Crippen molar-refractivity contribution in [2.45, 2.75) is 47.0 Å². The summed E-state index contributed by atoms with van der Waals surface area (Å²) in [5.74, 6) is 0.365. The summed E-state index contributed by atoms with van der Waals surface area (Å²) in [6.45, 7) is 7.80. The highest BCUT2D eigenvalue weighted by atomic mass is 16.1. The zero-order valence-electron chi connectivity index (χ0n) is 15.7. The van der Waals surface area contributed by atoms with Crippen LogP contribution in [0.15, 0.2) is 48.5 Å². The van der Waals surface area contributed by atoms with Crippen molar-refractivity contribution in [1.82, 2.24) is 0 Å². The highest BCUT2D eigenvalue weighted by Crippen LogP contribution is 2.20. The third kappa shape index (κ3) is 5.97. The van der Waals surface area contributed by atoms with E-state index < -0.39 is 0 Å². The van der Waals surface area contributed by atoms with E-state index in [0.717, 1.165) is 24.7 Å². The van der Waals surface area contributed by atoms with Crippen LogP contribution < -0.4 is 0 Å². The molecular weight excluding hydrogens is 308 g/mol. The summed E-state index contributed by atoms with van der Waals surface area (Å²) in [6, 6.07) is 16.8. The number of hydrogen-bond acceptors (Lipinski definition) is 2. The molecule has 132 valence electrons. The van der Waals surface area contributed by atoms with Gasteiger partial charge in [-0.2, -0.15) is 0 Å². The van der Waals surface area contributed by atoms with E-state index in [-0.39, 0.29) is 17.1 Å². The number of ketones is 1. The number of rotatable bonds is 8. The molecule has 0 bridgehead atoms. The van der Waals surface area contributed by atoms with Crippen molar-refractivity contribution < 1.29 is 9.59 Å². The zero-order chi connectivity index (χ0) is 18.4. The minimum Gasteiger partial charge on any atom is -0.303 e. The molecular formula is C23H28O2. The van der Waals surface area contributed by atoms with Gasteiger partial charge in [-0.15, -0.1) is 0 Å². The fourth-order valence-corrected chi connectivity index (χ4v) is 2.76. The van der Waals surface area contributed by atoms with E-state index >= 15 is 0 Å². The Balaban J connectivity index is 1.98. The topological polar surface area (TPSA) is 34.1 Å². The molecule has 2 heteroatoms. The van der Waals surface area contributed by atoms with Gasteiger partial charge in [0.2, 0.25) is 0 Å². The third-order valence-electron chi connectivity index (χ3n) is 4.46. The Hall–Kier alpha value is -2.22. The molecule has 0 saturated heterocycles. The Kier molecular flexibility index (Phi) is 6.30. The Labute approximate surface area is 151 Å². The van der Waals surface area contributed by atoms with Gasteiger partial charge in [-0.05, 0) is 35.1 Å². The van der Waals surface area contributed by atoms with Gasteiger partial charge in [-0.3, -0.25) is 4.79 Å². The Morgan fingerprint density at radius 2 is 1.32 bits per heavy atom. The van der Waals surface area contributed by atoms with Crippen molar-refractivity contribution in [3.05, 3.63) is 70.8 Å². The summed E-state index contributed by atoms with van der Waals surface area (Å²) in [5, 5.41) is 0. The van der Waals surface area contributed by atoms with Crippen molar-refractivity contribution in [2.24, 2.45) is 11.3 Å². The van der Waals surface area contributed by atoms with Gasteiger partial charge < -0.3 is 4.79 Å². The van der Waals surface area contributed by atoms with Crippen LogP contribution in [-0.4, -0.2) is 12.1 Å². The molecule has 0 radical (unpaired) electrons. The van der Waals surface area contributed by atoms with Gasteiger partial charge in [0.25, 0.3) is 0 Å². The maximum Gasteiger partial charge on any atom is 0.139 e. The molecule has 0 fully saturated rings. The molecule has 2 aromatic carbocycles. The first-order valence-electron chi connectivity index (χ1n) is 8.94. The molecule has 0 aliphatic rings. The Morgan fingerprint density at radius 3 is 1.76 bits per heavy atom. The van der Waals surface area contributed by atoms with Gasteiger partial charge in [0.1, 0.15) is 12.1 Å². The second kappa shape index (κ2) is 8.24. The van der Waals surface area contributed by atoms with E-state index in [1.807, 2.05) is 27.7 Å². The summed E-state index contributed by atoms with van der Waals surface area (Å²) >= 11 is 0. The summed E-state index contributed by atoms with van der Waals surface area (Å²) in [4.78, 5) is 22.9. The molecule has 0 heterocycles. The van der Waals surface area contributed by atoms with Crippen molar-refractivity contribution in [1.29, 1.82) is 0 Å². The lowest BCUT2D eigenvalue weighted by molar-refractivity contribution is -0.121. The summed E-state index contributed by atoms with van der Waals surface area (Å²) in [5.41, 5.74) is 4.43. The quantitative estimate of drug-likeness (QED) is 0.648. The van der Waals surface area contributed by atoms with Gasteiger partial charge in [-0.25, -0.2) is 0 Å². The van der Waals surface area contributed by atoms with E-state index in [2.05, 4.69) is 48.5 Å². The Morgan fingerprint density at radius 1 is 0.880 bits per heavy atom. The lowest BCUT2D eigenvalue weighted by Gasteiger charge is -2.16. The van der Waals surface area contributed by atoms with Crippen LogP contribution in [0.2, 0.25) is 0 Å². The van der Waals surface area contributed by atoms with Crippen molar-refractivity contribution in [2.75, 3.05) is 0 Å². The van der Waals surface area contributed by atoms with E-state index in [4.69, 9.17) is 0 Å². The fourth-order valence-electron chi connectivity index (χ4n) is 2.76. The largest absolute Gasteiger partial charge is 0.303 e. The summed E-state index contributed by atoms with van der Waals surface area (Å²) in [6.07, 6.45) is 3.16. The molecule has 0 N–H and O–H groups in total. The average molecular weight is 336 g/mol. The third-order valence-corrected chi connectivity index (χ3v) is 4.46. The van der Waals surface area contributed by atoms with Crippen LogP contribution in [0.5, 0.6) is 0 Å². The average Bonchev–Trinajstić information content (AvgIpc) is 2.58. The first kappa shape index (κ1) is 19.1. The van der Waals surface area contributed by atoms with Crippen molar-refractivity contribution in [3.8, 4) is 0 Å². The van der Waals surface area contributed by atoms with Gasteiger partial charge >= 0.3 is 0 Å². The van der Waals surface area contributed by atoms with Gasteiger partial charge in [0, 0.05) is 17.8 Å². The fraction of sp³-hybridized carbons (Fsp3) is 0.391. The second-order valence-corrected chi connectivity index (χ2v) is 7.89. The smallest absolute Gasteiger partial charge is 0.139 e. The minimum absolute atomic E-state index is 0.0855. The maximum absolute atomic E-state index is 11.8. The summed E-state index contributed by atoms with van der Waals surface area (Å²) in [7, 11) is 0. The second-order valence-electron chi connectivity index (χ2n) is 7.89. The summed E-state index contributed by atoms with van der Waals surface area (Å²) < 4.78 is 0. The lowest BCUT2D eigenvalue weighted by atomic mass is 9.87. The number of benzene rings is 2. The van der Waals surface area contributed by atoms with E-state index in [1.165, 1.54) is 16.7 Å². The first-order valence-corrected chi connectivity index (χ1v) is 8.94. The van der Waals surface area contributed by atoms with Crippen LogP contribution in [0, 0.1) is 11.3 Å². The highest BCUT2D eigenvalue weighted by molar-refractivity contribution is 5.82. The maximum atomic E-state index is 11.8. The van der Waals surface area contributed by atoms with Crippen LogP contribution >= 0.6 is 0 Å². The molecule has 2 aromatic rings. The predicted octanol–water partition coefficient (Wildman–Crippen LogP) is 4.81. The van der Waals surface area contributed by atoms with Crippen LogP contribution in [0.3, 0.4) is 0 Å². The molecule has 0 aliphatic carbocycles. The first-order chi connectivity index (χ1) is 11.8. The predicted molar refractivity (Wildman–Crippen MR) is 103 cm³/mol. The molecule has 0 aromatic heterocycles. The molecule has 0 unspecified atom stereocenters. The SMILES string of the molecule is CC(C)C(=O)Cc1ccc(Cc2ccc(CC(C)(C)C=O)cc2)cc1. The van der Waals surface area contributed by atoms with Crippen LogP contribution in [-0.2, 0) is 28.9 Å². The number of aldehydes is 1. The van der Waals surface area contributed by atoms with Crippen LogP contribution in [0.25, 0.3) is 0 Å².